The maximum absolute atomic E-state index is 8.50. The lowest BCUT2D eigenvalue weighted by atomic mass is 10.2. The highest BCUT2D eigenvalue weighted by molar-refractivity contribution is 4.60. The number of nitrogens with two attached hydrogens (primary N) is 1. The molecule has 0 heterocycles. The SMILES string of the molecule is N=NC(CO)CCCN. The molecule has 9 heavy (non-hydrogen) atoms. The van der Waals surface area contributed by atoms with Crippen LogP contribution in [0.3, 0.4) is 0 Å². The second kappa shape index (κ2) is 5.65. The lowest BCUT2D eigenvalue weighted by Crippen LogP contribution is -2.11. The van der Waals surface area contributed by atoms with E-state index in [1.54, 1.807) is 0 Å². The van der Waals surface area contributed by atoms with Gasteiger partial charge in [0.1, 0.15) is 0 Å². The zero-order valence-corrected chi connectivity index (χ0v) is 5.38. The Morgan fingerprint density at radius 2 is 2.33 bits per heavy atom. The van der Waals surface area contributed by atoms with Gasteiger partial charge in [-0.15, -0.1) is 0 Å². The Morgan fingerprint density at radius 3 is 2.67 bits per heavy atom. The molecule has 0 aliphatic rings. The summed E-state index contributed by atoms with van der Waals surface area (Å²) in [5.74, 6) is 0. The average molecular weight is 131 g/mol. The molecule has 0 amide bonds. The molecule has 0 bridgehead atoms. The van der Waals surface area contributed by atoms with E-state index < -0.39 is 0 Å². The second-order valence-electron chi connectivity index (χ2n) is 1.90. The molecule has 1 unspecified atom stereocenters. The number of rotatable bonds is 5. The fraction of sp³-hybridized carbons (Fsp3) is 1.00. The third-order valence-corrected chi connectivity index (χ3v) is 1.13. The minimum Gasteiger partial charge on any atom is -0.394 e. The van der Waals surface area contributed by atoms with E-state index >= 15 is 0 Å². The molecule has 4 heteroatoms. The molecule has 0 fully saturated rings. The maximum atomic E-state index is 8.50. The zero-order valence-electron chi connectivity index (χ0n) is 5.38. The minimum absolute atomic E-state index is 0.0382. The molecule has 1 atom stereocenters. The third kappa shape index (κ3) is 4.05. The van der Waals surface area contributed by atoms with E-state index in [-0.39, 0.29) is 12.6 Å². The molecule has 4 N–H and O–H groups in total. The van der Waals surface area contributed by atoms with Gasteiger partial charge in [-0.3, -0.25) is 0 Å². The van der Waals surface area contributed by atoms with Gasteiger partial charge in [0, 0.05) is 0 Å². The Kier molecular flexibility index (Phi) is 5.35. The Morgan fingerprint density at radius 1 is 1.67 bits per heavy atom. The Balaban J connectivity index is 3.20. The number of aliphatic hydroxyl groups excluding tert-OH is 1. The van der Waals surface area contributed by atoms with Gasteiger partial charge >= 0.3 is 0 Å². The highest BCUT2D eigenvalue weighted by atomic mass is 16.3. The molecular weight excluding hydrogens is 118 g/mol. The predicted octanol–water partition coefficient (Wildman–Crippen LogP) is 0.117. The van der Waals surface area contributed by atoms with E-state index in [9.17, 15) is 0 Å². The number of hydrogen-bond donors (Lipinski definition) is 3. The molecule has 0 aromatic heterocycles. The first-order valence-electron chi connectivity index (χ1n) is 3.02. The maximum Gasteiger partial charge on any atom is 0.0936 e. The van der Waals surface area contributed by atoms with Gasteiger partial charge in [0.25, 0.3) is 0 Å². The van der Waals surface area contributed by atoms with E-state index in [0.717, 1.165) is 12.8 Å². The number of hydrogen-bond acceptors (Lipinski definition) is 4. The van der Waals surface area contributed by atoms with E-state index in [2.05, 4.69) is 5.11 Å². The largest absolute Gasteiger partial charge is 0.394 e. The molecule has 0 spiro atoms. The molecule has 0 aromatic rings. The number of nitrogens with one attached hydrogen (secondary N) is 1. The topological polar surface area (TPSA) is 82.5 Å². The van der Waals surface area contributed by atoms with Crippen molar-refractivity contribution in [1.82, 2.24) is 0 Å². The molecule has 0 radical (unpaired) electrons. The zero-order chi connectivity index (χ0) is 7.11. The van der Waals surface area contributed by atoms with Crippen LogP contribution < -0.4 is 5.73 Å². The van der Waals surface area contributed by atoms with Gasteiger partial charge in [-0.2, -0.15) is 5.11 Å². The molecule has 0 saturated carbocycles. The summed E-state index contributed by atoms with van der Waals surface area (Å²) in [5, 5.41) is 11.7. The summed E-state index contributed by atoms with van der Waals surface area (Å²) in [4.78, 5) is 0. The van der Waals surface area contributed by atoms with Crippen LogP contribution in [-0.4, -0.2) is 24.3 Å². The van der Waals surface area contributed by atoms with Crippen LogP contribution in [0.4, 0.5) is 0 Å². The van der Waals surface area contributed by atoms with Crippen molar-refractivity contribution in [2.75, 3.05) is 13.2 Å². The highest BCUT2D eigenvalue weighted by Crippen LogP contribution is 1.98. The Labute approximate surface area is 54.6 Å². The smallest absolute Gasteiger partial charge is 0.0936 e. The monoisotopic (exact) mass is 131 g/mol. The molecule has 0 aliphatic carbocycles. The van der Waals surface area contributed by atoms with E-state index in [1.807, 2.05) is 0 Å². The number of aliphatic hydroxyl groups is 1. The minimum atomic E-state index is -0.228. The van der Waals surface area contributed by atoms with Gasteiger partial charge in [-0.05, 0) is 19.4 Å². The van der Waals surface area contributed by atoms with E-state index in [1.165, 1.54) is 0 Å². The van der Waals surface area contributed by atoms with E-state index in [4.69, 9.17) is 16.4 Å². The standard InChI is InChI=1S/C5H13N3O/c6-3-1-2-5(4-9)8-7/h5,7,9H,1-4,6H2. The van der Waals surface area contributed by atoms with Crippen LogP contribution in [0.5, 0.6) is 0 Å². The van der Waals surface area contributed by atoms with Crippen LogP contribution in [0.15, 0.2) is 5.11 Å². The molecule has 0 aromatic carbocycles. The number of nitrogens with zero attached hydrogens (tertiary/aromatic N) is 1. The van der Waals surface area contributed by atoms with E-state index in [0.29, 0.717) is 6.54 Å². The summed E-state index contributed by atoms with van der Waals surface area (Å²) in [6, 6.07) is -0.228. The lowest BCUT2D eigenvalue weighted by Gasteiger charge is -2.03. The lowest BCUT2D eigenvalue weighted by molar-refractivity contribution is 0.254. The summed E-state index contributed by atoms with van der Waals surface area (Å²) >= 11 is 0. The summed E-state index contributed by atoms with van der Waals surface area (Å²) in [7, 11) is 0. The van der Waals surface area contributed by atoms with Crippen LogP contribution in [0, 0.1) is 5.53 Å². The first kappa shape index (κ1) is 8.52. The predicted molar refractivity (Wildman–Crippen MR) is 34.3 cm³/mol. The van der Waals surface area contributed by atoms with Crippen LogP contribution in [0.25, 0.3) is 0 Å². The highest BCUT2D eigenvalue weighted by Gasteiger charge is 2.01. The summed E-state index contributed by atoms with van der Waals surface area (Å²) in [5.41, 5.74) is 11.8. The summed E-state index contributed by atoms with van der Waals surface area (Å²) in [6.45, 7) is 0.565. The molecule has 0 aliphatic heterocycles. The van der Waals surface area contributed by atoms with Gasteiger partial charge in [-0.25, -0.2) is 5.53 Å². The van der Waals surface area contributed by atoms with Crippen molar-refractivity contribution in [3.63, 3.8) is 0 Å². The van der Waals surface area contributed by atoms with Crippen molar-refractivity contribution in [1.29, 1.82) is 5.53 Å². The normalized spacial score (nSPS) is 13.1. The quantitative estimate of drug-likeness (QED) is 0.463. The molecule has 4 nitrogen and oxygen atoms in total. The summed E-state index contributed by atoms with van der Waals surface area (Å²) in [6.07, 6.45) is 1.55. The molecular formula is C5H13N3O. The van der Waals surface area contributed by atoms with Crippen molar-refractivity contribution in [3.05, 3.63) is 0 Å². The Hall–Kier alpha value is -0.480. The molecule has 0 rings (SSSR count). The van der Waals surface area contributed by atoms with Gasteiger partial charge in [0.05, 0.1) is 12.6 Å². The molecule has 54 valence electrons. The molecule has 0 saturated heterocycles. The van der Waals surface area contributed by atoms with Gasteiger partial charge in [0.2, 0.25) is 0 Å². The van der Waals surface area contributed by atoms with Gasteiger partial charge in [0.15, 0.2) is 0 Å². The van der Waals surface area contributed by atoms with Crippen molar-refractivity contribution < 1.29 is 5.11 Å². The van der Waals surface area contributed by atoms with Gasteiger partial charge in [-0.1, -0.05) is 0 Å². The fourth-order valence-electron chi connectivity index (χ4n) is 0.550. The third-order valence-electron chi connectivity index (χ3n) is 1.13. The Bertz CT molecular complexity index is 76.6. The van der Waals surface area contributed by atoms with Crippen molar-refractivity contribution >= 4 is 0 Å². The van der Waals surface area contributed by atoms with Crippen molar-refractivity contribution in [2.24, 2.45) is 10.8 Å². The van der Waals surface area contributed by atoms with Crippen LogP contribution in [0.2, 0.25) is 0 Å². The fourth-order valence-corrected chi connectivity index (χ4v) is 0.550. The van der Waals surface area contributed by atoms with Crippen molar-refractivity contribution in [3.8, 4) is 0 Å². The first-order valence-corrected chi connectivity index (χ1v) is 3.02. The van der Waals surface area contributed by atoms with Crippen LogP contribution >= 0.6 is 0 Å². The average Bonchev–Trinajstić information content (AvgIpc) is 1.91. The van der Waals surface area contributed by atoms with Crippen LogP contribution in [-0.2, 0) is 0 Å². The van der Waals surface area contributed by atoms with Crippen LogP contribution in [0.1, 0.15) is 12.8 Å². The summed E-state index contributed by atoms with van der Waals surface area (Å²) < 4.78 is 0. The second-order valence-corrected chi connectivity index (χ2v) is 1.90. The van der Waals surface area contributed by atoms with Gasteiger partial charge < -0.3 is 10.8 Å². The van der Waals surface area contributed by atoms with Crippen molar-refractivity contribution in [2.45, 2.75) is 18.9 Å². The first-order chi connectivity index (χ1) is 4.35.